The van der Waals surface area contributed by atoms with Gasteiger partial charge >= 0.3 is 5.97 Å². The number of rotatable bonds is 3. The lowest BCUT2D eigenvalue weighted by Crippen LogP contribution is -2.06. The molecule has 0 bridgehead atoms. The second kappa shape index (κ2) is 4.55. The summed E-state index contributed by atoms with van der Waals surface area (Å²) in [6.07, 6.45) is 0.618. The fourth-order valence-corrected chi connectivity index (χ4v) is 1.13. The van der Waals surface area contributed by atoms with Gasteiger partial charge in [0.05, 0.1) is 0 Å². The fraction of sp³-hybridized carbons (Fsp3) is 0.556. The molecular formula is C9H13NO2. The molecule has 0 aliphatic rings. The van der Waals surface area contributed by atoms with E-state index in [1.165, 1.54) is 0 Å². The molecule has 0 amide bonds. The van der Waals surface area contributed by atoms with Gasteiger partial charge in [-0.25, -0.2) is 4.79 Å². The van der Waals surface area contributed by atoms with E-state index in [1.54, 1.807) is 6.07 Å². The fourth-order valence-electron chi connectivity index (χ4n) is 1.13. The molecule has 1 N–H and O–H groups in total. The second-order valence-electron chi connectivity index (χ2n) is 2.83. The van der Waals surface area contributed by atoms with Crippen molar-refractivity contribution in [2.24, 2.45) is 5.92 Å². The summed E-state index contributed by atoms with van der Waals surface area (Å²) in [5, 5.41) is 17.2. The van der Waals surface area contributed by atoms with Crippen LogP contribution in [-0.4, -0.2) is 11.1 Å². The zero-order valence-corrected chi connectivity index (χ0v) is 7.59. The van der Waals surface area contributed by atoms with Gasteiger partial charge < -0.3 is 5.11 Å². The van der Waals surface area contributed by atoms with Crippen LogP contribution >= 0.6 is 0 Å². The summed E-state index contributed by atoms with van der Waals surface area (Å²) in [6.45, 7) is 5.63. The van der Waals surface area contributed by atoms with Crippen LogP contribution < -0.4 is 0 Å². The van der Waals surface area contributed by atoms with Gasteiger partial charge in [-0.15, -0.1) is 0 Å². The molecule has 0 aromatic heterocycles. The third kappa shape index (κ3) is 2.39. The summed E-state index contributed by atoms with van der Waals surface area (Å²) in [6, 6.07) is 1.71. The van der Waals surface area contributed by atoms with Crippen molar-refractivity contribution < 1.29 is 9.90 Å². The first kappa shape index (κ1) is 10.7. The van der Waals surface area contributed by atoms with Crippen LogP contribution in [0, 0.1) is 17.2 Å². The van der Waals surface area contributed by atoms with E-state index < -0.39 is 5.97 Å². The number of carbonyl (C=O) groups is 1. The van der Waals surface area contributed by atoms with Gasteiger partial charge in [-0.1, -0.05) is 20.8 Å². The Kier molecular flexibility index (Phi) is 4.06. The van der Waals surface area contributed by atoms with Crippen LogP contribution in [0.2, 0.25) is 0 Å². The molecule has 0 fully saturated rings. The zero-order chi connectivity index (χ0) is 9.72. The van der Waals surface area contributed by atoms with E-state index in [0.29, 0.717) is 12.0 Å². The van der Waals surface area contributed by atoms with Crippen molar-refractivity contribution >= 4 is 5.97 Å². The molecule has 0 radical (unpaired) electrons. The average Bonchev–Trinajstić information content (AvgIpc) is 1.98. The van der Waals surface area contributed by atoms with Crippen LogP contribution in [0.1, 0.15) is 27.2 Å². The van der Waals surface area contributed by atoms with Gasteiger partial charge in [0.15, 0.2) is 0 Å². The highest BCUT2D eigenvalue weighted by atomic mass is 16.4. The van der Waals surface area contributed by atoms with Gasteiger partial charge in [-0.3, -0.25) is 0 Å². The molecule has 0 heterocycles. The first-order chi connectivity index (χ1) is 5.54. The largest absolute Gasteiger partial charge is 0.477 e. The standard InChI is InChI=1S/C9H13NO2/c1-4-7(6(2)3)8(5-10)9(11)12/h6H,4H2,1-3H3,(H,11,12). The van der Waals surface area contributed by atoms with Gasteiger partial charge in [0.1, 0.15) is 11.6 Å². The van der Waals surface area contributed by atoms with Crippen molar-refractivity contribution in [2.75, 3.05) is 0 Å². The average molecular weight is 167 g/mol. The molecule has 0 rings (SSSR count). The lowest BCUT2D eigenvalue weighted by Gasteiger charge is -2.08. The summed E-state index contributed by atoms with van der Waals surface area (Å²) < 4.78 is 0. The second-order valence-corrected chi connectivity index (χ2v) is 2.83. The first-order valence-electron chi connectivity index (χ1n) is 3.91. The van der Waals surface area contributed by atoms with E-state index in [0.717, 1.165) is 0 Å². The molecule has 0 aliphatic carbocycles. The van der Waals surface area contributed by atoms with Crippen molar-refractivity contribution in [1.29, 1.82) is 5.26 Å². The maximum Gasteiger partial charge on any atom is 0.346 e. The highest BCUT2D eigenvalue weighted by Gasteiger charge is 2.14. The molecule has 0 atom stereocenters. The molecule has 0 aromatic rings. The minimum absolute atomic E-state index is 0.104. The van der Waals surface area contributed by atoms with E-state index in [-0.39, 0.29) is 11.5 Å². The van der Waals surface area contributed by atoms with Gasteiger partial charge in [-0.2, -0.15) is 5.26 Å². The Hall–Kier alpha value is -1.30. The predicted molar refractivity (Wildman–Crippen MR) is 45.4 cm³/mol. The van der Waals surface area contributed by atoms with Crippen molar-refractivity contribution in [3.05, 3.63) is 11.1 Å². The maximum atomic E-state index is 10.6. The van der Waals surface area contributed by atoms with Crippen LogP contribution in [0.3, 0.4) is 0 Å². The molecular weight excluding hydrogens is 154 g/mol. The number of carboxylic acids is 1. The molecule has 0 spiro atoms. The van der Waals surface area contributed by atoms with Gasteiger partial charge in [0.25, 0.3) is 0 Å². The number of hydrogen-bond acceptors (Lipinski definition) is 2. The molecule has 0 saturated carbocycles. The Morgan fingerprint density at radius 1 is 1.58 bits per heavy atom. The highest BCUT2D eigenvalue weighted by Crippen LogP contribution is 2.18. The molecule has 66 valence electrons. The van der Waals surface area contributed by atoms with Crippen LogP contribution in [0.25, 0.3) is 0 Å². The third-order valence-electron chi connectivity index (χ3n) is 1.72. The summed E-state index contributed by atoms with van der Waals surface area (Å²) in [5.74, 6) is -0.996. The predicted octanol–water partition coefficient (Wildman–Crippen LogP) is 1.96. The minimum atomic E-state index is -1.12. The smallest absolute Gasteiger partial charge is 0.346 e. The SMILES string of the molecule is CCC(=C(C#N)C(=O)O)C(C)C. The molecule has 3 nitrogen and oxygen atoms in total. The Morgan fingerprint density at radius 3 is 2.17 bits per heavy atom. The van der Waals surface area contributed by atoms with E-state index in [9.17, 15) is 4.79 Å². The number of carboxylic acid groups (broad SMARTS) is 1. The minimum Gasteiger partial charge on any atom is -0.477 e. The summed E-state index contributed by atoms with van der Waals surface area (Å²) >= 11 is 0. The van der Waals surface area contributed by atoms with Crippen LogP contribution in [0.5, 0.6) is 0 Å². The van der Waals surface area contributed by atoms with Gasteiger partial charge in [0.2, 0.25) is 0 Å². The lowest BCUT2D eigenvalue weighted by molar-refractivity contribution is -0.132. The first-order valence-corrected chi connectivity index (χ1v) is 3.91. The Balaban J connectivity index is 5.05. The Labute approximate surface area is 72.3 Å². The summed E-state index contributed by atoms with van der Waals surface area (Å²) in [5.41, 5.74) is 0.609. The quantitative estimate of drug-likeness (QED) is 0.516. The van der Waals surface area contributed by atoms with E-state index in [1.807, 2.05) is 20.8 Å². The number of nitriles is 1. The highest BCUT2D eigenvalue weighted by molar-refractivity contribution is 5.92. The van der Waals surface area contributed by atoms with Gasteiger partial charge in [-0.05, 0) is 17.9 Å². The van der Waals surface area contributed by atoms with E-state index in [4.69, 9.17) is 10.4 Å². The molecule has 0 saturated heterocycles. The number of nitrogens with zero attached hydrogens (tertiary/aromatic N) is 1. The summed E-state index contributed by atoms with van der Waals surface area (Å²) in [7, 11) is 0. The van der Waals surface area contributed by atoms with E-state index >= 15 is 0 Å². The zero-order valence-electron chi connectivity index (χ0n) is 7.59. The number of aliphatic carboxylic acids is 1. The van der Waals surface area contributed by atoms with Gasteiger partial charge in [0, 0.05) is 0 Å². The van der Waals surface area contributed by atoms with Crippen molar-refractivity contribution in [3.63, 3.8) is 0 Å². The van der Waals surface area contributed by atoms with Crippen LogP contribution in [0.4, 0.5) is 0 Å². The molecule has 0 aliphatic heterocycles. The van der Waals surface area contributed by atoms with Crippen molar-refractivity contribution in [3.8, 4) is 6.07 Å². The summed E-state index contributed by atoms with van der Waals surface area (Å²) in [4.78, 5) is 10.6. The normalized spacial score (nSPS) is 12.2. The Morgan fingerprint density at radius 2 is 2.08 bits per heavy atom. The Bertz CT molecular complexity index is 246. The lowest BCUT2D eigenvalue weighted by atomic mass is 9.95. The van der Waals surface area contributed by atoms with Crippen molar-refractivity contribution in [2.45, 2.75) is 27.2 Å². The molecule has 0 unspecified atom stereocenters. The molecule has 0 aromatic carbocycles. The number of allylic oxidation sites excluding steroid dienone is 1. The monoisotopic (exact) mass is 167 g/mol. The molecule has 12 heavy (non-hydrogen) atoms. The maximum absolute atomic E-state index is 10.6. The topological polar surface area (TPSA) is 61.1 Å². The van der Waals surface area contributed by atoms with Crippen molar-refractivity contribution in [1.82, 2.24) is 0 Å². The third-order valence-corrected chi connectivity index (χ3v) is 1.72. The van der Waals surface area contributed by atoms with Crippen LogP contribution in [-0.2, 0) is 4.79 Å². The molecule has 3 heteroatoms. The van der Waals surface area contributed by atoms with E-state index in [2.05, 4.69) is 0 Å². The van der Waals surface area contributed by atoms with Crippen LogP contribution in [0.15, 0.2) is 11.1 Å². The number of hydrogen-bond donors (Lipinski definition) is 1.